The molecule has 0 saturated heterocycles. The number of aryl methyl sites for hydroxylation is 1. The van der Waals surface area contributed by atoms with Gasteiger partial charge in [-0.2, -0.15) is 0 Å². The molecule has 0 aliphatic rings. The largest absolute Gasteiger partial charge is 0.327 e. The molecule has 0 aliphatic heterocycles. The maximum atomic E-state index is 5.43. The van der Waals surface area contributed by atoms with Gasteiger partial charge in [-0.3, -0.25) is 0 Å². The summed E-state index contributed by atoms with van der Waals surface area (Å²) < 4.78 is 0. The monoisotopic (exact) mass is 203 g/mol. The molecule has 2 N–H and O–H groups in total. The van der Waals surface area contributed by atoms with Gasteiger partial charge in [0.05, 0.1) is 0 Å². The molecule has 0 atom stereocenters. The van der Waals surface area contributed by atoms with Crippen LogP contribution in [0.4, 0.5) is 0 Å². The molecule has 1 heteroatoms. The molecule has 1 rings (SSSR count). The predicted molar refractivity (Wildman–Crippen MR) is 67.8 cm³/mol. The SMILES string of the molecule is CCCCCc1cccc(C=CCN)c1. The molecule has 0 aliphatic carbocycles. The molecule has 82 valence electrons. The summed E-state index contributed by atoms with van der Waals surface area (Å²) in [6.45, 7) is 2.85. The van der Waals surface area contributed by atoms with Crippen molar-refractivity contribution in [1.82, 2.24) is 0 Å². The maximum absolute atomic E-state index is 5.43. The standard InChI is InChI=1S/C14H21N/c1-2-3-4-7-13-8-5-9-14(12-13)10-6-11-15/h5-6,8-10,12H,2-4,7,11,15H2,1H3. The molecule has 0 fully saturated rings. The average Bonchev–Trinajstić information content (AvgIpc) is 2.27. The lowest BCUT2D eigenvalue weighted by molar-refractivity contribution is 0.717. The molecule has 1 aromatic carbocycles. The zero-order chi connectivity index (χ0) is 10.9. The van der Waals surface area contributed by atoms with Crippen LogP contribution in [0.2, 0.25) is 0 Å². The second-order valence-corrected chi connectivity index (χ2v) is 3.84. The summed E-state index contributed by atoms with van der Waals surface area (Å²) >= 11 is 0. The number of hydrogen-bond acceptors (Lipinski definition) is 1. The van der Waals surface area contributed by atoms with Gasteiger partial charge in [0, 0.05) is 6.54 Å². The van der Waals surface area contributed by atoms with Crippen LogP contribution in [0.3, 0.4) is 0 Å². The summed E-state index contributed by atoms with van der Waals surface area (Å²) in [5.74, 6) is 0. The Balaban J connectivity index is 2.53. The van der Waals surface area contributed by atoms with Crippen LogP contribution in [0.1, 0.15) is 37.3 Å². The molecule has 0 radical (unpaired) electrons. The van der Waals surface area contributed by atoms with Crippen LogP contribution in [0.5, 0.6) is 0 Å². The Morgan fingerprint density at radius 1 is 1.27 bits per heavy atom. The van der Waals surface area contributed by atoms with Crippen LogP contribution in [0, 0.1) is 0 Å². The lowest BCUT2D eigenvalue weighted by Crippen LogP contribution is -1.92. The topological polar surface area (TPSA) is 26.0 Å². The summed E-state index contributed by atoms with van der Waals surface area (Å²) in [4.78, 5) is 0. The summed E-state index contributed by atoms with van der Waals surface area (Å²) in [7, 11) is 0. The van der Waals surface area contributed by atoms with Crippen LogP contribution in [0.25, 0.3) is 6.08 Å². The van der Waals surface area contributed by atoms with E-state index in [1.54, 1.807) is 0 Å². The maximum Gasteiger partial charge on any atom is 0.0110 e. The van der Waals surface area contributed by atoms with Crippen LogP contribution < -0.4 is 5.73 Å². The van der Waals surface area contributed by atoms with Crippen molar-refractivity contribution in [2.75, 3.05) is 6.54 Å². The normalized spacial score (nSPS) is 11.1. The first-order valence-electron chi connectivity index (χ1n) is 5.82. The third kappa shape index (κ3) is 4.80. The van der Waals surface area contributed by atoms with Gasteiger partial charge >= 0.3 is 0 Å². The van der Waals surface area contributed by atoms with E-state index in [2.05, 4.69) is 37.3 Å². The first-order valence-corrected chi connectivity index (χ1v) is 5.82. The van der Waals surface area contributed by atoms with E-state index < -0.39 is 0 Å². The minimum atomic E-state index is 0.611. The van der Waals surface area contributed by atoms with Crippen molar-refractivity contribution in [1.29, 1.82) is 0 Å². The third-order valence-electron chi connectivity index (χ3n) is 2.47. The Kier molecular flexibility index (Phi) is 5.79. The lowest BCUT2D eigenvalue weighted by atomic mass is 10.0. The van der Waals surface area contributed by atoms with E-state index in [4.69, 9.17) is 5.73 Å². The van der Waals surface area contributed by atoms with Crippen molar-refractivity contribution < 1.29 is 0 Å². The highest BCUT2D eigenvalue weighted by molar-refractivity contribution is 5.50. The summed E-state index contributed by atoms with van der Waals surface area (Å²) in [6.07, 6.45) is 9.17. The Labute approximate surface area is 93.0 Å². The zero-order valence-electron chi connectivity index (χ0n) is 9.58. The van der Waals surface area contributed by atoms with Gasteiger partial charge in [0.15, 0.2) is 0 Å². The number of unbranched alkanes of at least 4 members (excludes halogenated alkanes) is 2. The number of hydrogen-bond donors (Lipinski definition) is 1. The molecule has 0 heterocycles. The van der Waals surface area contributed by atoms with Crippen LogP contribution >= 0.6 is 0 Å². The van der Waals surface area contributed by atoms with Gasteiger partial charge in [-0.25, -0.2) is 0 Å². The van der Waals surface area contributed by atoms with E-state index in [9.17, 15) is 0 Å². The lowest BCUT2D eigenvalue weighted by Gasteiger charge is -2.01. The first-order chi connectivity index (χ1) is 7.36. The molecule has 0 aromatic heterocycles. The predicted octanol–water partition coefficient (Wildman–Crippen LogP) is 3.39. The molecule has 1 nitrogen and oxygen atoms in total. The van der Waals surface area contributed by atoms with Gasteiger partial charge in [0.1, 0.15) is 0 Å². The molecule has 0 spiro atoms. The summed E-state index contributed by atoms with van der Waals surface area (Å²) in [5, 5.41) is 0. The highest BCUT2D eigenvalue weighted by atomic mass is 14.5. The number of rotatable bonds is 6. The van der Waals surface area contributed by atoms with Crippen molar-refractivity contribution in [3.63, 3.8) is 0 Å². The van der Waals surface area contributed by atoms with E-state index in [1.807, 2.05) is 6.08 Å². The molecular weight excluding hydrogens is 182 g/mol. The fraction of sp³-hybridized carbons (Fsp3) is 0.429. The number of nitrogens with two attached hydrogens (primary N) is 1. The second kappa shape index (κ2) is 7.24. The number of benzene rings is 1. The van der Waals surface area contributed by atoms with Crippen LogP contribution in [-0.4, -0.2) is 6.54 Å². The molecule has 0 amide bonds. The van der Waals surface area contributed by atoms with Crippen LogP contribution in [-0.2, 0) is 6.42 Å². The first kappa shape index (κ1) is 12.0. The van der Waals surface area contributed by atoms with E-state index in [-0.39, 0.29) is 0 Å². The van der Waals surface area contributed by atoms with Crippen molar-refractivity contribution in [3.05, 3.63) is 41.5 Å². The zero-order valence-corrected chi connectivity index (χ0v) is 9.58. The average molecular weight is 203 g/mol. The van der Waals surface area contributed by atoms with Gasteiger partial charge in [-0.15, -0.1) is 0 Å². The van der Waals surface area contributed by atoms with E-state index in [0.717, 1.165) is 0 Å². The second-order valence-electron chi connectivity index (χ2n) is 3.84. The van der Waals surface area contributed by atoms with Crippen LogP contribution in [0.15, 0.2) is 30.3 Å². The molecule has 0 bridgehead atoms. The molecule has 0 saturated carbocycles. The van der Waals surface area contributed by atoms with E-state index >= 15 is 0 Å². The summed E-state index contributed by atoms with van der Waals surface area (Å²) in [6, 6.07) is 8.70. The van der Waals surface area contributed by atoms with Crippen molar-refractivity contribution in [3.8, 4) is 0 Å². The molecular formula is C14H21N. The molecule has 1 aromatic rings. The highest BCUT2D eigenvalue weighted by Gasteiger charge is 1.93. The van der Waals surface area contributed by atoms with Crippen molar-refractivity contribution in [2.45, 2.75) is 32.6 Å². The van der Waals surface area contributed by atoms with Gasteiger partial charge in [-0.05, 0) is 24.0 Å². The molecule has 15 heavy (non-hydrogen) atoms. The van der Waals surface area contributed by atoms with E-state index in [1.165, 1.54) is 36.8 Å². The fourth-order valence-corrected chi connectivity index (χ4v) is 1.64. The summed E-state index contributed by atoms with van der Waals surface area (Å²) in [5.41, 5.74) is 8.12. The Morgan fingerprint density at radius 3 is 2.87 bits per heavy atom. The van der Waals surface area contributed by atoms with Crippen molar-refractivity contribution >= 4 is 6.08 Å². The fourth-order valence-electron chi connectivity index (χ4n) is 1.64. The van der Waals surface area contributed by atoms with Gasteiger partial charge in [0.2, 0.25) is 0 Å². The van der Waals surface area contributed by atoms with Gasteiger partial charge in [-0.1, -0.05) is 56.2 Å². The molecule has 0 unspecified atom stereocenters. The van der Waals surface area contributed by atoms with Gasteiger partial charge in [0.25, 0.3) is 0 Å². The highest BCUT2D eigenvalue weighted by Crippen LogP contribution is 2.10. The third-order valence-corrected chi connectivity index (χ3v) is 2.47. The Morgan fingerprint density at radius 2 is 2.13 bits per heavy atom. The van der Waals surface area contributed by atoms with Gasteiger partial charge < -0.3 is 5.73 Å². The Hall–Kier alpha value is -1.08. The van der Waals surface area contributed by atoms with Crippen molar-refractivity contribution in [2.24, 2.45) is 5.73 Å². The minimum Gasteiger partial charge on any atom is -0.327 e. The van der Waals surface area contributed by atoms with E-state index in [0.29, 0.717) is 6.54 Å². The Bertz CT molecular complexity index is 302. The quantitative estimate of drug-likeness (QED) is 0.705. The smallest absolute Gasteiger partial charge is 0.0110 e. The minimum absolute atomic E-state index is 0.611.